The lowest BCUT2D eigenvalue weighted by molar-refractivity contribution is -0.136. The van der Waals surface area contributed by atoms with Gasteiger partial charge in [0, 0.05) is 23.9 Å². The number of carbonyl (C=O) groups is 4. The summed E-state index contributed by atoms with van der Waals surface area (Å²) in [5.41, 5.74) is 1.16. The number of benzene rings is 2. The highest BCUT2D eigenvalue weighted by molar-refractivity contribution is 8.00. The summed E-state index contributed by atoms with van der Waals surface area (Å²) >= 11 is 2.05. The molecule has 3 aliphatic rings. The number of amides is 3. The minimum atomic E-state index is -0.900. The van der Waals surface area contributed by atoms with E-state index in [0.717, 1.165) is 28.0 Å². The van der Waals surface area contributed by atoms with E-state index in [0.29, 0.717) is 47.5 Å². The van der Waals surface area contributed by atoms with Crippen LogP contribution in [0.4, 0.5) is 5.69 Å². The number of anilines is 1. The van der Waals surface area contributed by atoms with E-state index in [1.807, 2.05) is 0 Å². The highest BCUT2D eigenvalue weighted by Crippen LogP contribution is 2.54. The number of phenols is 1. The molecule has 1 aromatic heterocycles. The van der Waals surface area contributed by atoms with Crippen molar-refractivity contribution in [2.24, 2.45) is 5.92 Å². The molecule has 6 rings (SSSR count). The van der Waals surface area contributed by atoms with E-state index in [-0.39, 0.29) is 41.0 Å². The summed E-state index contributed by atoms with van der Waals surface area (Å²) in [6.45, 7) is 3.37. The number of morpholine rings is 1. The molecule has 1 N–H and O–H groups in total. The van der Waals surface area contributed by atoms with Crippen LogP contribution in [0, 0.1) is 5.92 Å². The van der Waals surface area contributed by atoms with Crippen molar-refractivity contribution in [2.75, 3.05) is 44.9 Å². The number of imide groups is 1. The fraction of sp³-hybridized carbons (Fsp3) is 0.367. The number of rotatable bonds is 7. The molecule has 14 heteroatoms. The lowest BCUT2D eigenvalue weighted by Crippen LogP contribution is -2.43. The standard InChI is InChI=1S/C30H29N3O9S2/c1-3-42-29(38)16-4-7-18(8-5-16)33-26(36)23-22(17-6-9-19(34)20(14-17)40-2)25-28(43-24(23)27(33)37)32(30(39)44-25)15-21(35)31-10-12-41-13-11-31/h4-9,14,22-24,34H,3,10-13,15H2,1-2H3/t22-,23?,24?/m0/s1. The Hall–Kier alpha value is -4.14. The number of fused-ring (bicyclic) bond motifs is 2. The molecule has 2 fully saturated rings. The maximum Gasteiger partial charge on any atom is 0.338 e. The van der Waals surface area contributed by atoms with Gasteiger partial charge in [-0.15, -0.1) is 0 Å². The maximum absolute atomic E-state index is 14.1. The van der Waals surface area contributed by atoms with E-state index in [9.17, 15) is 29.1 Å². The third kappa shape index (κ3) is 5.16. The molecule has 44 heavy (non-hydrogen) atoms. The fourth-order valence-corrected chi connectivity index (χ4v) is 8.54. The Morgan fingerprint density at radius 2 is 1.77 bits per heavy atom. The lowest BCUT2D eigenvalue weighted by Gasteiger charge is -2.31. The molecule has 0 radical (unpaired) electrons. The first kappa shape index (κ1) is 29.9. The van der Waals surface area contributed by atoms with Gasteiger partial charge in [-0.2, -0.15) is 0 Å². The van der Waals surface area contributed by atoms with E-state index in [1.165, 1.54) is 42.0 Å². The summed E-state index contributed by atoms with van der Waals surface area (Å²) in [4.78, 5) is 69.8. The summed E-state index contributed by atoms with van der Waals surface area (Å²) < 4.78 is 17.1. The minimum absolute atomic E-state index is 0.0998. The fourth-order valence-electron chi connectivity index (χ4n) is 5.77. The molecular formula is C30H29N3O9S2. The van der Waals surface area contributed by atoms with Crippen LogP contribution in [0.25, 0.3) is 0 Å². The highest BCUT2D eigenvalue weighted by atomic mass is 32.2. The number of methoxy groups -OCH3 is 1. The molecule has 3 amide bonds. The van der Waals surface area contributed by atoms with Crippen LogP contribution in [0.1, 0.15) is 33.6 Å². The van der Waals surface area contributed by atoms with Crippen LogP contribution in [-0.2, 0) is 30.4 Å². The first-order valence-electron chi connectivity index (χ1n) is 14.0. The Labute approximate surface area is 260 Å². The normalized spacial score (nSPS) is 21.2. The molecule has 0 bridgehead atoms. The largest absolute Gasteiger partial charge is 0.504 e. The molecule has 3 aromatic rings. The summed E-state index contributed by atoms with van der Waals surface area (Å²) in [5.74, 6) is -3.23. The number of hydrogen-bond donors (Lipinski definition) is 1. The number of hydrogen-bond acceptors (Lipinski definition) is 11. The minimum Gasteiger partial charge on any atom is -0.504 e. The second kappa shape index (κ2) is 12.1. The average Bonchev–Trinajstić information content (AvgIpc) is 3.48. The van der Waals surface area contributed by atoms with Crippen LogP contribution in [0.5, 0.6) is 11.5 Å². The van der Waals surface area contributed by atoms with Gasteiger partial charge >= 0.3 is 10.8 Å². The summed E-state index contributed by atoms with van der Waals surface area (Å²) in [7, 11) is 1.40. The zero-order valence-electron chi connectivity index (χ0n) is 23.9. The summed E-state index contributed by atoms with van der Waals surface area (Å²) in [6.07, 6.45) is 0. The number of esters is 1. The number of aromatic nitrogens is 1. The third-order valence-electron chi connectivity index (χ3n) is 7.91. The smallest absolute Gasteiger partial charge is 0.338 e. The van der Waals surface area contributed by atoms with Crippen LogP contribution < -0.4 is 14.5 Å². The SMILES string of the molecule is CCOC(=O)c1ccc(N2C(=O)C3Sc4c(sc(=O)n4CC(=O)N4CCOCC4)[C@@H](c4ccc(O)c(OC)c4)C3C2=O)cc1. The van der Waals surface area contributed by atoms with E-state index >= 15 is 0 Å². The first-order valence-corrected chi connectivity index (χ1v) is 15.7. The van der Waals surface area contributed by atoms with E-state index in [1.54, 1.807) is 24.0 Å². The van der Waals surface area contributed by atoms with Crippen molar-refractivity contribution >= 4 is 52.5 Å². The molecule has 0 aliphatic carbocycles. The van der Waals surface area contributed by atoms with Crippen molar-refractivity contribution in [3.63, 3.8) is 0 Å². The van der Waals surface area contributed by atoms with Gasteiger partial charge in [0.15, 0.2) is 11.5 Å². The molecule has 0 saturated carbocycles. The maximum atomic E-state index is 14.1. The molecule has 2 saturated heterocycles. The predicted molar refractivity (Wildman–Crippen MR) is 161 cm³/mol. The van der Waals surface area contributed by atoms with Crippen molar-refractivity contribution in [3.05, 3.63) is 68.1 Å². The van der Waals surface area contributed by atoms with Gasteiger partial charge in [-0.25, -0.2) is 9.69 Å². The quantitative estimate of drug-likeness (QED) is 0.302. The zero-order chi connectivity index (χ0) is 31.1. The van der Waals surface area contributed by atoms with Crippen LogP contribution in [-0.4, -0.2) is 83.5 Å². The van der Waals surface area contributed by atoms with Crippen molar-refractivity contribution in [1.29, 1.82) is 0 Å². The van der Waals surface area contributed by atoms with Crippen LogP contribution in [0.15, 0.2) is 52.3 Å². The Morgan fingerprint density at radius 1 is 1.05 bits per heavy atom. The van der Waals surface area contributed by atoms with Crippen molar-refractivity contribution in [2.45, 2.75) is 29.7 Å². The molecule has 4 heterocycles. The number of phenolic OH excluding ortho intramolecular Hbond substituents is 1. The van der Waals surface area contributed by atoms with Gasteiger partial charge in [0.05, 0.1) is 49.1 Å². The number of thiazole rings is 1. The lowest BCUT2D eigenvalue weighted by atomic mass is 9.83. The second-order valence-corrected chi connectivity index (χ2v) is 12.5. The topological polar surface area (TPSA) is 145 Å². The second-order valence-electron chi connectivity index (χ2n) is 10.4. The van der Waals surface area contributed by atoms with Crippen molar-refractivity contribution in [3.8, 4) is 11.5 Å². The van der Waals surface area contributed by atoms with E-state index < -0.39 is 34.9 Å². The Morgan fingerprint density at radius 3 is 2.45 bits per heavy atom. The van der Waals surface area contributed by atoms with Crippen molar-refractivity contribution < 1.29 is 38.5 Å². The molecule has 3 atom stereocenters. The highest BCUT2D eigenvalue weighted by Gasteiger charge is 2.57. The summed E-state index contributed by atoms with van der Waals surface area (Å²) in [6, 6.07) is 10.7. The van der Waals surface area contributed by atoms with Crippen LogP contribution >= 0.6 is 23.1 Å². The third-order valence-corrected chi connectivity index (χ3v) is 10.5. The van der Waals surface area contributed by atoms with Crippen LogP contribution in [0.2, 0.25) is 0 Å². The van der Waals surface area contributed by atoms with Gasteiger partial charge in [-0.3, -0.25) is 23.7 Å². The Balaban J connectivity index is 1.41. The predicted octanol–water partition coefficient (Wildman–Crippen LogP) is 2.46. The first-order chi connectivity index (χ1) is 21.2. The molecule has 230 valence electrons. The average molecular weight is 640 g/mol. The molecule has 3 aliphatic heterocycles. The van der Waals surface area contributed by atoms with Gasteiger partial charge in [0.1, 0.15) is 11.8 Å². The van der Waals surface area contributed by atoms with Crippen molar-refractivity contribution in [1.82, 2.24) is 9.47 Å². The van der Waals surface area contributed by atoms with Gasteiger partial charge in [0.25, 0.3) is 0 Å². The Bertz CT molecular complexity index is 1690. The molecule has 12 nitrogen and oxygen atoms in total. The summed E-state index contributed by atoms with van der Waals surface area (Å²) in [5, 5.41) is 9.83. The van der Waals surface area contributed by atoms with E-state index in [4.69, 9.17) is 14.2 Å². The van der Waals surface area contributed by atoms with Gasteiger partial charge < -0.3 is 24.2 Å². The van der Waals surface area contributed by atoms with Gasteiger partial charge in [-0.05, 0) is 48.9 Å². The zero-order valence-corrected chi connectivity index (χ0v) is 25.5. The molecule has 2 unspecified atom stereocenters. The number of carbonyl (C=O) groups excluding carboxylic acids is 4. The number of nitrogens with zero attached hydrogens (tertiary/aromatic N) is 3. The number of aromatic hydroxyl groups is 1. The van der Waals surface area contributed by atoms with E-state index in [2.05, 4.69) is 0 Å². The Kier molecular flexibility index (Phi) is 8.22. The number of thioether (sulfide) groups is 1. The monoisotopic (exact) mass is 639 g/mol. The number of ether oxygens (including phenoxy) is 3. The van der Waals surface area contributed by atoms with Gasteiger partial charge in [-0.1, -0.05) is 29.2 Å². The van der Waals surface area contributed by atoms with Crippen LogP contribution in [0.3, 0.4) is 0 Å². The van der Waals surface area contributed by atoms with Gasteiger partial charge in [0.2, 0.25) is 17.7 Å². The molecular weight excluding hydrogens is 610 g/mol. The molecule has 2 aromatic carbocycles. The molecule has 0 spiro atoms.